The summed E-state index contributed by atoms with van der Waals surface area (Å²) in [5.74, 6) is 1.11. The standard InChI is InChI=1S/C30H34F3NO/c31-30(32,33)18-17-24-7-3-6-22(20-24)14-16-27(35)21-23-8-4-10-26(15-13-23)29-28-12-2-1-9-25(28)11-5-19-34-29/h2-3,5-7,12,17-20,23,26H,1,4,8-11,13-16,21H2/b18-17-. The van der Waals surface area contributed by atoms with Gasteiger partial charge in [-0.05, 0) is 67.6 Å². The number of aryl methyl sites for hydroxylation is 1. The lowest BCUT2D eigenvalue weighted by Crippen LogP contribution is -2.18. The van der Waals surface area contributed by atoms with Gasteiger partial charge in [0, 0.05) is 31.0 Å². The highest BCUT2D eigenvalue weighted by molar-refractivity contribution is 6.05. The summed E-state index contributed by atoms with van der Waals surface area (Å²) in [4.78, 5) is 17.6. The number of halogens is 3. The summed E-state index contributed by atoms with van der Waals surface area (Å²) in [6.45, 7) is 0. The van der Waals surface area contributed by atoms with Crippen LogP contribution in [0.4, 0.5) is 13.2 Å². The third-order valence-electron chi connectivity index (χ3n) is 7.34. The Balaban J connectivity index is 1.28. The van der Waals surface area contributed by atoms with Gasteiger partial charge in [0.05, 0.1) is 5.71 Å². The Morgan fingerprint density at radius 3 is 2.86 bits per heavy atom. The van der Waals surface area contributed by atoms with E-state index in [9.17, 15) is 18.0 Å². The average molecular weight is 482 g/mol. The molecule has 2 nitrogen and oxygen atoms in total. The second kappa shape index (κ2) is 11.8. The monoisotopic (exact) mass is 481 g/mol. The Labute approximate surface area is 206 Å². The molecule has 1 saturated carbocycles. The van der Waals surface area contributed by atoms with E-state index in [2.05, 4.69) is 18.2 Å². The molecule has 1 aromatic carbocycles. The predicted octanol–water partition coefficient (Wildman–Crippen LogP) is 8.36. The fraction of sp³-hybridized carbons (Fsp3) is 0.467. The molecule has 186 valence electrons. The first-order valence-corrected chi connectivity index (χ1v) is 12.9. The van der Waals surface area contributed by atoms with Crippen LogP contribution >= 0.6 is 0 Å². The molecule has 0 amide bonds. The normalized spacial score (nSPS) is 23.1. The number of benzene rings is 1. The molecule has 0 aromatic heterocycles. The molecule has 1 heterocycles. The van der Waals surface area contributed by atoms with E-state index in [4.69, 9.17) is 4.99 Å². The van der Waals surface area contributed by atoms with Gasteiger partial charge < -0.3 is 0 Å². The van der Waals surface area contributed by atoms with Gasteiger partial charge in [-0.15, -0.1) is 0 Å². The first kappa shape index (κ1) is 25.4. The van der Waals surface area contributed by atoms with Crippen LogP contribution in [-0.2, 0) is 11.2 Å². The van der Waals surface area contributed by atoms with Gasteiger partial charge in [0.15, 0.2) is 0 Å². The van der Waals surface area contributed by atoms with Crippen molar-refractivity contribution >= 4 is 17.6 Å². The Kier molecular flexibility index (Phi) is 8.59. The lowest BCUT2D eigenvalue weighted by Gasteiger charge is -2.22. The highest BCUT2D eigenvalue weighted by Gasteiger charge is 2.27. The van der Waals surface area contributed by atoms with Gasteiger partial charge in [-0.1, -0.05) is 67.0 Å². The molecule has 3 aliphatic rings. The maximum absolute atomic E-state index is 12.7. The van der Waals surface area contributed by atoms with Crippen molar-refractivity contribution in [2.24, 2.45) is 16.8 Å². The lowest BCUT2D eigenvalue weighted by atomic mass is 9.84. The van der Waals surface area contributed by atoms with Gasteiger partial charge in [0.2, 0.25) is 0 Å². The fourth-order valence-electron chi connectivity index (χ4n) is 5.52. The summed E-state index contributed by atoms with van der Waals surface area (Å²) in [6, 6.07) is 7.00. The molecule has 1 fully saturated rings. The molecule has 5 heteroatoms. The van der Waals surface area contributed by atoms with E-state index in [1.54, 1.807) is 18.2 Å². The highest BCUT2D eigenvalue weighted by atomic mass is 19.4. The van der Waals surface area contributed by atoms with Crippen molar-refractivity contribution in [2.45, 2.75) is 76.8 Å². The van der Waals surface area contributed by atoms with Gasteiger partial charge in [0.25, 0.3) is 0 Å². The molecule has 0 N–H and O–H groups in total. The summed E-state index contributed by atoms with van der Waals surface area (Å²) in [5, 5.41) is 0. The topological polar surface area (TPSA) is 29.4 Å². The maximum atomic E-state index is 12.7. The van der Waals surface area contributed by atoms with E-state index >= 15 is 0 Å². The number of ketones is 1. The van der Waals surface area contributed by atoms with Crippen LogP contribution in [0.3, 0.4) is 0 Å². The lowest BCUT2D eigenvalue weighted by molar-refractivity contribution is -0.120. The Hall–Kier alpha value is -2.69. The van der Waals surface area contributed by atoms with Crippen molar-refractivity contribution in [2.75, 3.05) is 0 Å². The van der Waals surface area contributed by atoms with Gasteiger partial charge in [-0.3, -0.25) is 9.79 Å². The first-order chi connectivity index (χ1) is 16.9. The van der Waals surface area contributed by atoms with Crippen LogP contribution in [0.25, 0.3) is 6.08 Å². The molecule has 0 bridgehead atoms. The zero-order valence-electron chi connectivity index (χ0n) is 20.2. The van der Waals surface area contributed by atoms with Crippen LogP contribution in [0.5, 0.6) is 0 Å². The number of alkyl halides is 3. The molecule has 0 radical (unpaired) electrons. The van der Waals surface area contributed by atoms with E-state index in [0.717, 1.165) is 63.0 Å². The van der Waals surface area contributed by atoms with E-state index in [1.807, 2.05) is 12.3 Å². The molecular formula is C30H34F3NO. The van der Waals surface area contributed by atoms with Crippen LogP contribution < -0.4 is 0 Å². The van der Waals surface area contributed by atoms with Crippen molar-refractivity contribution < 1.29 is 18.0 Å². The van der Waals surface area contributed by atoms with Crippen molar-refractivity contribution in [3.63, 3.8) is 0 Å². The Morgan fingerprint density at radius 2 is 2.00 bits per heavy atom. The zero-order chi connectivity index (χ0) is 24.7. The number of carbonyl (C=O) groups excluding carboxylic acids is 1. The fourth-order valence-corrected chi connectivity index (χ4v) is 5.52. The predicted molar refractivity (Wildman–Crippen MR) is 136 cm³/mol. The summed E-state index contributed by atoms with van der Waals surface area (Å²) in [6.07, 6.45) is 15.9. The van der Waals surface area contributed by atoms with Crippen molar-refractivity contribution in [3.05, 3.63) is 77.0 Å². The first-order valence-electron chi connectivity index (χ1n) is 12.9. The number of Topliss-reactive ketones (excluding diaryl/α,β-unsaturated/α-hetero) is 1. The molecule has 2 unspecified atom stereocenters. The molecule has 1 aliphatic heterocycles. The average Bonchev–Trinajstić information content (AvgIpc) is 3.20. The van der Waals surface area contributed by atoms with E-state index in [-0.39, 0.29) is 11.9 Å². The highest BCUT2D eigenvalue weighted by Crippen LogP contribution is 2.35. The molecular weight excluding hydrogens is 447 g/mol. The summed E-state index contributed by atoms with van der Waals surface area (Å²) in [5.41, 5.74) is 5.51. The molecule has 0 spiro atoms. The molecule has 0 saturated heterocycles. The number of hydrogen-bond acceptors (Lipinski definition) is 2. The van der Waals surface area contributed by atoms with Gasteiger partial charge in [-0.2, -0.15) is 13.2 Å². The van der Waals surface area contributed by atoms with Gasteiger partial charge >= 0.3 is 6.18 Å². The third kappa shape index (κ3) is 7.65. The number of nitrogens with zero attached hydrogens (tertiary/aromatic N) is 1. The van der Waals surface area contributed by atoms with E-state index in [0.29, 0.717) is 36.7 Å². The minimum atomic E-state index is -4.32. The quantitative estimate of drug-likeness (QED) is 0.360. The Morgan fingerprint density at radius 1 is 1.11 bits per heavy atom. The number of allylic oxidation sites excluding steroid dienone is 6. The summed E-state index contributed by atoms with van der Waals surface area (Å²) < 4.78 is 37.3. The van der Waals surface area contributed by atoms with Crippen LogP contribution in [0.1, 0.15) is 75.3 Å². The number of rotatable bonds is 7. The van der Waals surface area contributed by atoms with Crippen LogP contribution in [0.2, 0.25) is 0 Å². The molecule has 2 aliphatic carbocycles. The van der Waals surface area contributed by atoms with Crippen LogP contribution in [0, 0.1) is 11.8 Å². The smallest absolute Gasteiger partial charge is 0.300 e. The second-order valence-electron chi connectivity index (χ2n) is 10.00. The van der Waals surface area contributed by atoms with Crippen molar-refractivity contribution in [1.29, 1.82) is 0 Å². The maximum Gasteiger partial charge on any atom is 0.409 e. The number of carbonyl (C=O) groups is 1. The minimum Gasteiger partial charge on any atom is -0.300 e. The van der Waals surface area contributed by atoms with Gasteiger partial charge in [0.1, 0.15) is 5.78 Å². The SMILES string of the molecule is O=C(CCc1cccc(/C=C\C(F)(F)F)c1)CC1CCCC(C2=NC=CCC3=C2C=CCC3)CC1. The molecule has 4 rings (SSSR count). The van der Waals surface area contributed by atoms with Gasteiger partial charge in [-0.25, -0.2) is 0 Å². The van der Waals surface area contributed by atoms with Crippen LogP contribution in [-0.4, -0.2) is 17.7 Å². The summed E-state index contributed by atoms with van der Waals surface area (Å²) in [7, 11) is 0. The molecule has 35 heavy (non-hydrogen) atoms. The number of aliphatic imine (C=N–C) groups is 1. The van der Waals surface area contributed by atoms with E-state index in [1.165, 1.54) is 16.9 Å². The largest absolute Gasteiger partial charge is 0.409 e. The second-order valence-corrected chi connectivity index (χ2v) is 10.00. The third-order valence-corrected chi connectivity index (χ3v) is 7.34. The molecule has 1 aromatic rings. The van der Waals surface area contributed by atoms with Crippen molar-refractivity contribution in [3.8, 4) is 0 Å². The van der Waals surface area contributed by atoms with E-state index < -0.39 is 6.18 Å². The summed E-state index contributed by atoms with van der Waals surface area (Å²) >= 11 is 0. The Bertz CT molecular complexity index is 1060. The number of hydrogen-bond donors (Lipinski definition) is 0. The minimum absolute atomic E-state index is 0.245. The van der Waals surface area contributed by atoms with Crippen LogP contribution in [0.15, 0.2) is 70.9 Å². The zero-order valence-corrected chi connectivity index (χ0v) is 20.2. The molecule has 2 atom stereocenters. The van der Waals surface area contributed by atoms with Crippen molar-refractivity contribution in [1.82, 2.24) is 0 Å².